The second kappa shape index (κ2) is 7.48. The first-order valence-corrected chi connectivity index (χ1v) is 9.96. The molecule has 2 aromatic carbocycles. The van der Waals surface area contributed by atoms with Crippen molar-refractivity contribution in [3.8, 4) is 17.1 Å². The first-order chi connectivity index (χ1) is 15.0. The third-order valence-corrected chi connectivity index (χ3v) is 5.10. The van der Waals surface area contributed by atoms with Gasteiger partial charge in [-0.15, -0.1) is 0 Å². The van der Waals surface area contributed by atoms with Crippen molar-refractivity contribution in [1.29, 1.82) is 0 Å². The first-order valence-electron chi connectivity index (χ1n) is 9.58. The van der Waals surface area contributed by atoms with Gasteiger partial charge in [0.1, 0.15) is 18.3 Å². The molecule has 9 heteroatoms. The SMILES string of the molecule is Cc1cc(C)cc(-n2ncc3c(=O)n(Cc4nc(-c5cccc(Cl)c5)no4)cnc32)c1. The summed E-state index contributed by atoms with van der Waals surface area (Å²) >= 11 is 6.02. The molecule has 154 valence electrons. The topological polar surface area (TPSA) is 91.6 Å². The highest BCUT2D eigenvalue weighted by Gasteiger charge is 2.15. The number of aryl methyl sites for hydroxylation is 2. The zero-order valence-electron chi connectivity index (χ0n) is 16.8. The molecule has 0 aliphatic carbocycles. The van der Waals surface area contributed by atoms with Gasteiger partial charge in [-0.3, -0.25) is 9.36 Å². The molecule has 0 aliphatic rings. The summed E-state index contributed by atoms with van der Waals surface area (Å²) < 4.78 is 8.41. The maximum Gasteiger partial charge on any atom is 0.264 e. The molecule has 0 fully saturated rings. The zero-order chi connectivity index (χ0) is 21.5. The Hall–Kier alpha value is -3.78. The lowest BCUT2D eigenvalue weighted by atomic mass is 10.1. The number of halogens is 1. The summed E-state index contributed by atoms with van der Waals surface area (Å²) in [6, 6.07) is 13.2. The number of fused-ring (bicyclic) bond motifs is 1. The molecule has 3 aromatic heterocycles. The lowest BCUT2D eigenvalue weighted by molar-refractivity contribution is 0.369. The molecule has 3 heterocycles. The Morgan fingerprint density at radius 3 is 2.68 bits per heavy atom. The van der Waals surface area contributed by atoms with Gasteiger partial charge in [-0.2, -0.15) is 10.1 Å². The van der Waals surface area contributed by atoms with E-state index in [2.05, 4.69) is 26.3 Å². The predicted molar refractivity (Wildman–Crippen MR) is 116 cm³/mol. The van der Waals surface area contributed by atoms with Crippen molar-refractivity contribution >= 4 is 22.6 Å². The van der Waals surface area contributed by atoms with Crippen LogP contribution >= 0.6 is 11.6 Å². The monoisotopic (exact) mass is 432 g/mol. The minimum atomic E-state index is -0.233. The summed E-state index contributed by atoms with van der Waals surface area (Å²) in [5, 5.41) is 9.36. The third-order valence-electron chi connectivity index (χ3n) is 4.86. The fraction of sp³-hybridized carbons (Fsp3) is 0.136. The standard InChI is InChI=1S/C22H17ClN6O2/c1-13-6-14(2)8-17(7-13)29-21-18(10-25-29)22(30)28(12-24-21)11-19-26-20(27-31-19)15-4-3-5-16(23)9-15/h3-10,12H,11H2,1-2H3. The van der Waals surface area contributed by atoms with E-state index in [4.69, 9.17) is 16.1 Å². The number of rotatable bonds is 4. The number of hydrogen-bond acceptors (Lipinski definition) is 6. The average molecular weight is 433 g/mol. The Bertz CT molecular complexity index is 1460. The highest BCUT2D eigenvalue weighted by atomic mass is 35.5. The quantitative estimate of drug-likeness (QED) is 0.427. The third kappa shape index (κ3) is 3.62. The van der Waals surface area contributed by atoms with Crippen molar-refractivity contribution in [3.05, 3.63) is 87.4 Å². The molecule has 5 aromatic rings. The van der Waals surface area contributed by atoms with Crippen molar-refractivity contribution in [1.82, 2.24) is 29.5 Å². The molecule has 0 N–H and O–H groups in total. The van der Waals surface area contributed by atoms with Crippen LogP contribution in [-0.4, -0.2) is 29.5 Å². The number of benzene rings is 2. The van der Waals surface area contributed by atoms with E-state index >= 15 is 0 Å². The van der Waals surface area contributed by atoms with Crippen LogP contribution in [0.4, 0.5) is 0 Å². The van der Waals surface area contributed by atoms with Gasteiger partial charge in [-0.25, -0.2) is 9.67 Å². The molecule has 0 atom stereocenters. The van der Waals surface area contributed by atoms with E-state index in [1.54, 1.807) is 16.8 Å². The van der Waals surface area contributed by atoms with Crippen LogP contribution in [0.25, 0.3) is 28.1 Å². The summed E-state index contributed by atoms with van der Waals surface area (Å²) in [6.07, 6.45) is 3.00. The van der Waals surface area contributed by atoms with Crippen LogP contribution in [0.5, 0.6) is 0 Å². The van der Waals surface area contributed by atoms with Crippen LogP contribution in [0.2, 0.25) is 5.02 Å². The number of aromatic nitrogens is 6. The second-order valence-electron chi connectivity index (χ2n) is 7.34. The summed E-state index contributed by atoms with van der Waals surface area (Å²) in [7, 11) is 0. The Balaban J connectivity index is 1.48. The maximum absolute atomic E-state index is 13.0. The van der Waals surface area contributed by atoms with Crippen LogP contribution in [0.1, 0.15) is 17.0 Å². The van der Waals surface area contributed by atoms with Gasteiger partial charge in [0, 0.05) is 10.6 Å². The van der Waals surface area contributed by atoms with E-state index in [0.29, 0.717) is 27.8 Å². The molecule has 5 rings (SSSR count). The van der Waals surface area contributed by atoms with E-state index in [-0.39, 0.29) is 12.1 Å². The van der Waals surface area contributed by atoms with Gasteiger partial charge in [0.05, 0.1) is 11.9 Å². The minimum absolute atomic E-state index is 0.101. The molecule has 0 saturated carbocycles. The van der Waals surface area contributed by atoms with Crippen molar-refractivity contribution in [2.75, 3.05) is 0 Å². The Kier molecular flexibility index (Phi) is 4.63. The second-order valence-corrected chi connectivity index (χ2v) is 7.78. The van der Waals surface area contributed by atoms with Gasteiger partial charge in [-0.1, -0.05) is 35.0 Å². The smallest absolute Gasteiger partial charge is 0.264 e. The summed E-state index contributed by atoms with van der Waals surface area (Å²) in [4.78, 5) is 21.8. The van der Waals surface area contributed by atoms with E-state index in [1.165, 1.54) is 17.1 Å². The average Bonchev–Trinajstić information content (AvgIpc) is 3.37. The minimum Gasteiger partial charge on any atom is -0.337 e. The Labute approximate surface area is 181 Å². The van der Waals surface area contributed by atoms with E-state index in [1.807, 2.05) is 38.1 Å². The number of hydrogen-bond donors (Lipinski definition) is 0. The molecule has 0 radical (unpaired) electrons. The van der Waals surface area contributed by atoms with Crippen LogP contribution in [0.15, 0.2) is 64.3 Å². The summed E-state index contributed by atoms with van der Waals surface area (Å²) in [5.74, 6) is 0.696. The van der Waals surface area contributed by atoms with Gasteiger partial charge in [0.25, 0.3) is 5.56 Å². The molecule has 8 nitrogen and oxygen atoms in total. The summed E-state index contributed by atoms with van der Waals surface area (Å²) in [5.41, 5.74) is 4.08. The zero-order valence-corrected chi connectivity index (χ0v) is 17.5. The summed E-state index contributed by atoms with van der Waals surface area (Å²) in [6.45, 7) is 4.14. The molecular weight excluding hydrogens is 416 g/mol. The van der Waals surface area contributed by atoms with Gasteiger partial charge in [-0.05, 0) is 49.2 Å². The van der Waals surface area contributed by atoms with E-state index < -0.39 is 0 Å². The predicted octanol–water partition coefficient (Wildman–Crippen LogP) is 3.95. The largest absolute Gasteiger partial charge is 0.337 e. The van der Waals surface area contributed by atoms with Crippen LogP contribution in [0.3, 0.4) is 0 Å². The van der Waals surface area contributed by atoms with Crippen LogP contribution in [-0.2, 0) is 6.54 Å². The van der Waals surface area contributed by atoms with Crippen LogP contribution in [0, 0.1) is 13.8 Å². The van der Waals surface area contributed by atoms with E-state index in [0.717, 1.165) is 22.4 Å². The molecule has 0 saturated heterocycles. The van der Waals surface area contributed by atoms with Gasteiger partial charge >= 0.3 is 0 Å². The molecule has 31 heavy (non-hydrogen) atoms. The van der Waals surface area contributed by atoms with Crippen molar-refractivity contribution in [2.45, 2.75) is 20.4 Å². The highest BCUT2D eigenvalue weighted by Crippen LogP contribution is 2.20. The maximum atomic E-state index is 13.0. The van der Waals surface area contributed by atoms with Gasteiger partial charge < -0.3 is 4.52 Å². The lowest BCUT2D eigenvalue weighted by Crippen LogP contribution is -2.21. The highest BCUT2D eigenvalue weighted by molar-refractivity contribution is 6.30. The van der Waals surface area contributed by atoms with Gasteiger partial charge in [0.15, 0.2) is 5.65 Å². The molecule has 0 amide bonds. The Morgan fingerprint density at radius 1 is 1.10 bits per heavy atom. The molecular formula is C22H17ClN6O2. The number of nitrogens with zero attached hydrogens (tertiary/aromatic N) is 6. The van der Waals surface area contributed by atoms with Gasteiger partial charge in [0.2, 0.25) is 11.7 Å². The molecule has 0 aliphatic heterocycles. The fourth-order valence-electron chi connectivity index (χ4n) is 3.53. The van der Waals surface area contributed by atoms with Crippen molar-refractivity contribution < 1.29 is 4.52 Å². The normalized spacial score (nSPS) is 11.3. The van der Waals surface area contributed by atoms with Crippen LogP contribution < -0.4 is 5.56 Å². The fourth-order valence-corrected chi connectivity index (χ4v) is 3.72. The van der Waals surface area contributed by atoms with E-state index in [9.17, 15) is 4.79 Å². The molecule has 0 bridgehead atoms. The Morgan fingerprint density at radius 2 is 1.90 bits per heavy atom. The lowest BCUT2D eigenvalue weighted by Gasteiger charge is -2.06. The van der Waals surface area contributed by atoms with Crippen molar-refractivity contribution in [2.24, 2.45) is 0 Å². The molecule has 0 unspecified atom stereocenters. The molecule has 0 spiro atoms. The van der Waals surface area contributed by atoms with Crippen molar-refractivity contribution in [3.63, 3.8) is 0 Å². The first kappa shape index (κ1) is 19.2.